The van der Waals surface area contributed by atoms with Gasteiger partial charge in [0.1, 0.15) is 0 Å². The topological polar surface area (TPSA) is 29.1 Å². The Morgan fingerprint density at radius 2 is 2.06 bits per heavy atom. The van der Waals surface area contributed by atoms with Gasteiger partial charge in [-0.05, 0) is 36.5 Å². The molecule has 92 valence electrons. The van der Waals surface area contributed by atoms with Gasteiger partial charge in [0.25, 0.3) is 0 Å². The lowest BCUT2D eigenvalue weighted by Crippen LogP contribution is -2.29. The maximum Gasteiger partial charge on any atom is 0.223 e. The highest BCUT2D eigenvalue weighted by atomic mass is 35.5. The highest BCUT2D eigenvalue weighted by Gasteiger charge is 2.39. The van der Waals surface area contributed by atoms with Gasteiger partial charge in [0.05, 0.1) is 6.04 Å². The molecule has 0 heterocycles. The summed E-state index contributed by atoms with van der Waals surface area (Å²) >= 11 is 5.86. The van der Waals surface area contributed by atoms with Crippen LogP contribution >= 0.6 is 11.6 Å². The maximum absolute atomic E-state index is 11.9. The first-order valence-electron chi connectivity index (χ1n) is 6.17. The van der Waals surface area contributed by atoms with Crippen molar-refractivity contribution >= 4 is 17.5 Å². The highest BCUT2D eigenvalue weighted by Crippen LogP contribution is 2.38. The average Bonchev–Trinajstić information content (AvgIpc) is 3.04. The molecule has 0 aliphatic heterocycles. The van der Waals surface area contributed by atoms with Crippen molar-refractivity contribution in [2.45, 2.75) is 32.7 Å². The SMILES string of the molecule is CCC(NC(=O)C1CC1C)c1ccc(Cl)cc1. The molecule has 1 aliphatic rings. The smallest absolute Gasteiger partial charge is 0.223 e. The van der Waals surface area contributed by atoms with Crippen LogP contribution in [0.1, 0.15) is 38.3 Å². The van der Waals surface area contributed by atoms with Crippen molar-refractivity contribution in [2.24, 2.45) is 11.8 Å². The van der Waals surface area contributed by atoms with Crippen LogP contribution in [0.4, 0.5) is 0 Å². The van der Waals surface area contributed by atoms with Crippen LogP contribution in [0, 0.1) is 11.8 Å². The van der Waals surface area contributed by atoms with E-state index < -0.39 is 0 Å². The van der Waals surface area contributed by atoms with E-state index in [0.717, 1.165) is 23.4 Å². The van der Waals surface area contributed by atoms with E-state index in [4.69, 9.17) is 11.6 Å². The summed E-state index contributed by atoms with van der Waals surface area (Å²) in [4.78, 5) is 11.9. The number of amides is 1. The molecule has 1 aromatic rings. The molecule has 1 aromatic carbocycles. The van der Waals surface area contributed by atoms with E-state index in [1.807, 2.05) is 24.3 Å². The van der Waals surface area contributed by atoms with E-state index in [2.05, 4.69) is 19.2 Å². The largest absolute Gasteiger partial charge is 0.349 e. The molecule has 0 radical (unpaired) electrons. The van der Waals surface area contributed by atoms with E-state index in [-0.39, 0.29) is 17.9 Å². The second-order valence-corrected chi connectivity index (χ2v) is 5.28. The second-order valence-electron chi connectivity index (χ2n) is 4.84. The van der Waals surface area contributed by atoms with Gasteiger partial charge in [0.2, 0.25) is 5.91 Å². The predicted molar refractivity (Wildman–Crippen MR) is 69.9 cm³/mol. The summed E-state index contributed by atoms with van der Waals surface area (Å²) in [6.45, 7) is 4.20. The summed E-state index contributed by atoms with van der Waals surface area (Å²) in [7, 11) is 0. The normalized spacial score (nSPS) is 24.2. The van der Waals surface area contributed by atoms with Crippen molar-refractivity contribution in [3.63, 3.8) is 0 Å². The monoisotopic (exact) mass is 251 g/mol. The number of nitrogens with one attached hydrogen (secondary N) is 1. The molecule has 3 unspecified atom stereocenters. The van der Waals surface area contributed by atoms with Gasteiger partial charge in [-0.15, -0.1) is 0 Å². The van der Waals surface area contributed by atoms with Crippen LogP contribution in [-0.4, -0.2) is 5.91 Å². The molecule has 2 rings (SSSR count). The van der Waals surface area contributed by atoms with Crippen molar-refractivity contribution < 1.29 is 4.79 Å². The molecule has 1 aliphatic carbocycles. The van der Waals surface area contributed by atoms with Gasteiger partial charge in [0, 0.05) is 10.9 Å². The molecule has 0 spiro atoms. The third-order valence-corrected chi connectivity index (χ3v) is 3.70. The average molecular weight is 252 g/mol. The number of rotatable bonds is 4. The molecule has 1 saturated carbocycles. The number of carbonyl (C=O) groups is 1. The van der Waals surface area contributed by atoms with Crippen molar-refractivity contribution in [1.29, 1.82) is 0 Å². The third kappa shape index (κ3) is 3.01. The molecule has 0 aromatic heterocycles. The minimum Gasteiger partial charge on any atom is -0.349 e. The first-order valence-corrected chi connectivity index (χ1v) is 6.55. The summed E-state index contributed by atoms with van der Waals surface area (Å²) in [5.74, 6) is 0.980. The molecule has 3 atom stereocenters. The van der Waals surface area contributed by atoms with E-state index >= 15 is 0 Å². The predicted octanol–water partition coefficient (Wildman–Crippen LogP) is 3.56. The Balaban J connectivity index is 2.01. The Bertz CT molecular complexity index is 401. The summed E-state index contributed by atoms with van der Waals surface area (Å²) in [5.41, 5.74) is 1.12. The van der Waals surface area contributed by atoms with E-state index in [1.165, 1.54) is 0 Å². The van der Waals surface area contributed by atoms with Gasteiger partial charge in [-0.3, -0.25) is 4.79 Å². The molecule has 0 saturated heterocycles. The molecule has 1 N–H and O–H groups in total. The standard InChI is InChI=1S/C14H18ClNO/c1-3-13(10-4-6-11(15)7-5-10)16-14(17)12-8-9(12)2/h4-7,9,12-13H,3,8H2,1-2H3,(H,16,17). The van der Waals surface area contributed by atoms with Gasteiger partial charge in [0.15, 0.2) is 0 Å². The van der Waals surface area contributed by atoms with Crippen LogP contribution in [-0.2, 0) is 4.79 Å². The van der Waals surface area contributed by atoms with Gasteiger partial charge >= 0.3 is 0 Å². The molecule has 3 heteroatoms. The summed E-state index contributed by atoms with van der Waals surface area (Å²) < 4.78 is 0. The lowest BCUT2D eigenvalue weighted by molar-refractivity contribution is -0.123. The summed E-state index contributed by atoms with van der Waals surface area (Å²) in [5, 5.41) is 3.84. The summed E-state index contributed by atoms with van der Waals surface area (Å²) in [6.07, 6.45) is 1.93. The molecule has 2 nitrogen and oxygen atoms in total. The van der Waals surface area contributed by atoms with Crippen molar-refractivity contribution in [1.82, 2.24) is 5.32 Å². The van der Waals surface area contributed by atoms with E-state index in [0.29, 0.717) is 5.92 Å². The van der Waals surface area contributed by atoms with Gasteiger partial charge in [-0.25, -0.2) is 0 Å². The number of benzene rings is 1. The van der Waals surface area contributed by atoms with Crippen LogP contribution in [0.5, 0.6) is 0 Å². The zero-order chi connectivity index (χ0) is 12.4. The minimum atomic E-state index is 0.104. The molecule has 0 bridgehead atoms. The number of hydrogen-bond acceptors (Lipinski definition) is 1. The van der Waals surface area contributed by atoms with Crippen LogP contribution in [0.25, 0.3) is 0 Å². The van der Waals surface area contributed by atoms with Crippen molar-refractivity contribution in [2.75, 3.05) is 0 Å². The Morgan fingerprint density at radius 3 is 2.53 bits per heavy atom. The van der Waals surface area contributed by atoms with E-state index in [1.54, 1.807) is 0 Å². The van der Waals surface area contributed by atoms with Crippen LogP contribution in [0.3, 0.4) is 0 Å². The molecular weight excluding hydrogens is 234 g/mol. The molecule has 1 fully saturated rings. The Labute approximate surface area is 107 Å². The lowest BCUT2D eigenvalue weighted by Gasteiger charge is -2.17. The third-order valence-electron chi connectivity index (χ3n) is 3.44. The second kappa shape index (κ2) is 5.09. The first-order chi connectivity index (χ1) is 8.11. The zero-order valence-electron chi connectivity index (χ0n) is 10.2. The molecular formula is C14H18ClNO. The Hall–Kier alpha value is -1.02. The highest BCUT2D eigenvalue weighted by molar-refractivity contribution is 6.30. The zero-order valence-corrected chi connectivity index (χ0v) is 11.0. The first kappa shape index (κ1) is 12.4. The van der Waals surface area contributed by atoms with Gasteiger partial charge < -0.3 is 5.32 Å². The minimum absolute atomic E-state index is 0.104. The van der Waals surface area contributed by atoms with Crippen molar-refractivity contribution in [3.8, 4) is 0 Å². The van der Waals surface area contributed by atoms with Gasteiger partial charge in [-0.2, -0.15) is 0 Å². The molecule has 17 heavy (non-hydrogen) atoms. The van der Waals surface area contributed by atoms with Gasteiger partial charge in [-0.1, -0.05) is 37.6 Å². The van der Waals surface area contributed by atoms with Crippen molar-refractivity contribution in [3.05, 3.63) is 34.9 Å². The number of hydrogen-bond donors (Lipinski definition) is 1. The summed E-state index contributed by atoms with van der Waals surface area (Å²) in [6, 6.07) is 7.80. The van der Waals surface area contributed by atoms with Crippen LogP contribution < -0.4 is 5.32 Å². The maximum atomic E-state index is 11.9. The van der Waals surface area contributed by atoms with E-state index in [9.17, 15) is 4.79 Å². The fourth-order valence-corrected chi connectivity index (χ4v) is 2.21. The molecule has 1 amide bonds. The van der Waals surface area contributed by atoms with Crippen LogP contribution in [0.15, 0.2) is 24.3 Å². The lowest BCUT2D eigenvalue weighted by atomic mass is 10.0. The van der Waals surface area contributed by atoms with Crippen LogP contribution in [0.2, 0.25) is 5.02 Å². The number of halogens is 1. The fourth-order valence-electron chi connectivity index (χ4n) is 2.08. The Morgan fingerprint density at radius 1 is 1.47 bits per heavy atom. The number of carbonyl (C=O) groups excluding carboxylic acids is 1. The Kier molecular flexibility index (Phi) is 3.72. The quantitative estimate of drug-likeness (QED) is 0.871. The fraction of sp³-hybridized carbons (Fsp3) is 0.500.